The molecule has 2 fully saturated rings. The summed E-state index contributed by atoms with van der Waals surface area (Å²) in [6, 6.07) is 10.6. The van der Waals surface area contributed by atoms with Crippen LogP contribution in [0.15, 0.2) is 55.1 Å². The molecule has 0 spiro atoms. The summed E-state index contributed by atoms with van der Waals surface area (Å²) < 4.78 is 0. The number of carbonyl (C=O) groups is 1. The molecule has 2 aromatic heterocycles. The van der Waals surface area contributed by atoms with Crippen molar-refractivity contribution in [3.05, 3.63) is 72.2 Å². The second kappa shape index (κ2) is 7.55. The second-order valence-electron chi connectivity index (χ2n) is 8.56. The van der Waals surface area contributed by atoms with Crippen LogP contribution in [0.25, 0.3) is 0 Å². The average molecular weight is 403 g/mol. The largest absolute Gasteiger partial charge is 0.354 e. The van der Waals surface area contributed by atoms with Crippen molar-refractivity contribution in [3.8, 4) is 0 Å². The van der Waals surface area contributed by atoms with Crippen LogP contribution < -0.4 is 4.90 Å². The Labute approximate surface area is 176 Å². The summed E-state index contributed by atoms with van der Waals surface area (Å²) in [5.41, 5.74) is 1.98. The lowest BCUT2D eigenvalue weighted by atomic mass is 9.76. The van der Waals surface area contributed by atoms with E-state index in [1.807, 2.05) is 18.0 Å². The van der Waals surface area contributed by atoms with E-state index >= 15 is 0 Å². The monoisotopic (exact) mass is 402 g/mol. The van der Waals surface area contributed by atoms with E-state index in [0.29, 0.717) is 11.6 Å². The van der Waals surface area contributed by atoms with Crippen LogP contribution in [0.5, 0.6) is 0 Å². The van der Waals surface area contributed by atoms with E-state index in [2.05, 4.69) is 55.2 Å². The second-order valence-corrected chi connectivity index (χ2v) is 8.56. The Kier molecular flexibility index (Phi) is 4.73. The standard InChI is InChI=1S/C23H26N6O/c1-17-26-11-20(27-17)22(30)29-14-19-13-28(21-12-24-9-10-25-21)15-23(19,16-29)8-7-18-5-3-2-4-6-18/h2-6,9-12,19H,7-8,13-16H2,1H3,(H,26,27)/t19-,23+/m0/s1. The van der Waals surface area contributed by atoms with Gasteiger partial charge in [0.15, 0.2) is 0 Å². The van der Waals surface area contributed by atoms with E-state index in [1.165, 1.54) is 5.56 Å². The van der Waals surface area contributed by atoms with Crippen LogP contribution in [0.3, 0.4) is 0 Å². The molecule has 1 amide bonds. The molecule has 5 rings (SSSR count). The van der Waals surface area contributed by atoms with Gasteiger partial charge in [0.2, 0.25) is 0 Å². The van der Waals surface area contributed by atoms with Crippen LogP contribution in [0.1, 0.15) is 28.3 Å². The quantitative estimate of drug-likeness (QED) is 0.710. The van der Waals surface area contributed by atoms with Crippen molar-refractivity contribution in [1.82, 2.24) is 24.8 Å². The van der Waals surface area contributed by atoms with Crippen LogP contribution in [-0.4, -0.2) is 56.9 Å². The Morgan fingerprint density at radius 3 is 2.73 bits per heavy atom. The van der Waals surface area contributed by atoms with Crippen molar-refractivity contribution < 1.29 is 4.79 Å². The Bertz CT molecular complexity index is 1020. The molecule has 2 aliphatic heterocycles. The average Bonchev–Trinajstić information content (AvgIpc) is 3.46. The van der Waals surface area contributed by atoms with Gasteiger partial charge in [0.05, 0.1) is 12.4 Å². The van der Waals surface area contributed by atoms with Gasteiger partial charge in [0.25, 0.3) is 5.91 Å². The van der Waals surface area contributed by atoms with Gasteiger partial charge in [-0.3, -0.25) is 9.78 Å². The molecule has 2 aliphatic rings. The topological polar surface area (TPSA) is 78.0 Å². The smallest absolute Gasteiger partial charge is 0.271 e. The third-order valence-electron chi connectivity index (χ3n) is 6.61. The van der Waals surface area contributed by atoms with E-state index < -0.39 is 0 Å². The molecule has 154 valence electrons. The first-order chi connectivity index (χ1) is 14.6. The van der Waals surface area contributed by atoms with Crippen LogP contribution in [0.4, 0.5) is 5.82 Å². The predicted molar refractivity (Wildman–Crippen MR) is 114 cm³/mol. The van der Waals surface area contributed by atoms with E-state index in [4.69, 9.17) is 0 Å². The summed E-state index contributed by atoms with van der Waals surface area (Å²) in [5.74, 6) is 2.16. The minimum atomic E-state index is 0.0511. The Morgan fingerprint density at radius 2 is 2.00 bits per heavy atom. The Hall–Kier alpha value is -3.22. The van der Waals surface area contributed by atoms with Crippen molar-refractivity contribution in [2.45, 2.75) is 19.8 Å². The summed E-state index contributed by atoms with van der Waals surface area (Å²) in [6.07, 6.45) is 8.99. The molecule has 0 saturated carbocycles. The number of nitrogens with zero attached hydrogens (tertiary/aromatic N) is 5. The summed E-state index contributed by atoms with van der Waals surface area (Å²) >= 11 is 0. The molecule has 0 bridgehead atoms. The number of aromatic amines is 1. The number of rotatable bonds is 5. The number of amides is 1. The van der Waals surface area contributed by atoms with Gasteiger partial charge in [-0.2, -0.15) is 0 Å². The van der Waals surface area contributed by atoms with Crippen LogP contribution in [0, 0.1) is 18.3 Å². The number of hydrogen-bond acceptors (Lipinski definition) is 5. The number of aryl methyl sites for hydroxylation is 2. The molecule has 2 saturated heterocycles. The maximum absolute atomic E-state index is 13.1. The number of H-pyrrole nitrogens is 1. The van der Waals surface area contributed by atoms with Crippen LogP contribution >= 0.6 is 0 Å². The number of fused-ring (bicyclic) bond motifs is 1. The molecule has 4 heterocycles. The van der Waals surface area contributed by atoms with E-state index in [0.717, 1.165) is 50.7 Å². The van der Waals surface area contributed by atoms with Gasteiger partial charge in [0, 0.05) is 49.9 Å². The van der Waals surface area contributed by atoms with Gasteiger partial charge in [-0.1, -0.05) is 30.3 Å². The maximum atomic E-state index is 13.1. The molecule has 1 N–H and O–H groups in total. The minimum Gasteiger partial charge on any atom is -0.354 e. The maximum Gasteiger partial charge on any atom is 0.271 e. The van der Waals surface area contributed by atoms with Gasteiger partial charge in [-0.25, -0.2) is 9.97 Å². The first kappa shape index (κ1) is 18.8. The molecule has 3 aromatic rings. The zero-order valence-corrected chi connectivity index (χ0v) is 17.2. The highest BCUT2D eigenvalue weighted by atomic mass is 16.2. The van der Waals surface area contributed by atoms with Gasteiger partial charge in [-0.15, -0.1) is 0 Å². The first-order valence-electron chi connectivity index (χ1n) is 10.5. The minimum absolute atomic E-state index is 0.0511. The summed E-state index contributed by atoms with van der Waals surface area (Å²) in [7, 11) is 0. The molecule has 0 radical (unpaired) electrons. The number of benzene rings is 1. The molecule has 0 aliphatic carbocycles. The van der Waals surface area contributed by atoms with Gasteiger partial charge in [-0.05, 0) is 25.3 Å². The van der Waals surface area contributed by atoms with Gasteiger partial charge < -0.3 is 14.8 Å². The van der Waals surface area contributed by atoms with Crippen molar-refractivity contribution in [2.75, 3.05) is 31.1 Å². The molecular weight excluding hydrogens is 376 g/mol. The van der Waals surface area contributed by atoms with Crippen molar-refractivity contribution >= 4 is 11.7 Å². The van der Waals surface area contributed by atoms with Crippen LogP contribution in [0.2, 0.25) is 0 Å². The van der Waals surface area contributed by atoms with Crippen molar-refractivity contribution in [3.63, 3.8) is 0 Å². The Morgan fingerprint density at radius 1 is 1.13 bits per heavy atom. The molecule has 0 unspecified atom stereocenters. The molecule has 7 nitrogen and oxygen atoms in total. The van der Waals surface area contributed by atoms with E-state index in [1.54, 1.807) is 18.6 Å². The van der Waals surface area contributed by atoms with Crippen molar-refractivity contribution in [1.29, 1.82) is 0 Å². The Balaban J connectivity index is 1.38. The number of hydrogen-bond donors (Lipinski definition) is 1. The number of anilines is 1. The van der Waals surface area contributed by atoms with Gasteiger partial charge >= 0.3 is 0 Å². The normalized spacial score (nSPS) is 23.0. The molecule has 7 heteroatoms. The summed E-state index contributed by atoms with van der Waals surface area (Å²) in [5, 5.41) is 0. The lowest BCUT2D eigenvalue weighted by Crippen LogP contribution is -2.37. The highest BCUT2D eigenvalue weighted by Gasteiger charge is 2.53. The predicted octanol–water partition coefficient (Wildman–Crippen LogP) is 2.72. The summed E-state index contributed by atoms with van der Waals surface area (Å²) in [4.78, 5) is 33.5. The molecule has 30 heavy (non-hydrogen) atoms. The summed E-state index contributed by atoms with van der Waals surface area (Å²) in [6.45, 7) is 5.20. The lowest BCUT2D eigenvalue weighted by molar-refractivity contribution is 0.0765. The number of likely N-dealkylation sites (tertiary alicyclic amines) is 1. The molecular formula is C23H26N6O. The lowest BCUT2D eigenvalue weighted by Gasteiger charge is -2.29. The molecule has 1 aromatic carbocycles. The zero-order valence-electron chi connectivity index (χ0n) is 17.2. The number of aromatic nitrogens is 4. The fraction of sp³-hybridized carbons (Fsp3) is 0.391. The molecule has 2 atom stereocenters. The highest BCUT2D eigenvalue weighted by Crippen LogP contribution is 2.47. The fourth-order valence-electron chi connectivity index (χ4n) is 5.06. The first-order valence-corrected chi connectivity index (χ1v) is 10.5. The highest BCUT2D eigenvalue weighted by molar-refractivity contribution is 5.92. The third-order valence-corrected chi connectivity index (χ3v) is 6.61. The van der Waals surface area contributed by atoms with Crippen LogP contribution in [-0.2, 0) is 6.42 Å². The zero-order chi connectivity index (χ0) is 20.6. The number of nitrogens with one attached hydrogen (secondary N) is 1. The van der Waals surface area contributed by atoms with Crippen molar-refractivity contribution in [2.24, 2.45) is 11.3 Å². The number of carbonyl (C=O) groups excluding carboxylic acids is 1. The van der Waals surface area contributed by atoms with E-state index in [9.17, 15) is 4.79 Å². The van der Waals surface area contributed by atoms with E-state index in [-0.39, 0.29) is 11.3 Å². The van der Waals surface area contributed by atoms with Gasteiger partial charge in [0.1, 0.15) is 17.3 Å². The number of imidazole rings is 1. The fourth-order valence-corrected chi connectivity index (χ4v) is 5.06. The third kappa shape index (κ3) is 3.44. The SMILES string of the molecule is Cc1ncc(C(=O)N2C[C@@H]3CN(c4cnccn4)C[C@]3(CCc3ccccc3)C2)[nH]1.